The number of benzene rings is 1. The van der Waals surface area contributed by atoms with Crippen molar-refractivity contribution in [1.29, 1.82) is 0 Å². The molecule has 4 nitrogen and oxygen atoms in total. The molecule has 2 saturated heterocycles. The summed E-state index contributed by atoms with van der Waals surface area (Å²) in [5.74, 6) is 0.912. The molecule has 0 atom stereocenters. The zero-order chi connectivity index (χ0) is 16.2. The summed E-state index contributed by atoms with van der Waals surface area (Å²) in [6, 6.07) is 7.96. The number of anilines is 1. The molecule has 0 N–H and O–H groups in total. The first kappa shape index (κ1) is 16.6. The van der Waals surface area contributed by atoms with Crippen LogP contribution < -0.4 is 4.90 Å². The van der Waals surface area contributed by atoms with Crippen LogP contribution in [-0.4, -0.2) is 62.0 Å². The van der Waals surface area contributed by atoms with Gasteiger partial charge in [0.05, 0.1) is 0 Å². The Bertz CT molecular complexity index is 535. The Morgan fingerprint density at radius 1 is 1.13 bits per heavy atom. The van der Waals surface area contributed by atoms with Crippen molar-refractivity contribution < 1.29 is 4.79 Å². The lowest BCUT2D eigenvalue weighted by Gasteiger charge is -2.37. The van der Waals surface area contributed by atoms with Crippen LogP contribution in [0.2, 0.25) is 5.02 Å². The second-order valence-corrected chi connectivity index (χ2v) is 7.23. The van der Waals surface area contributed by atoms with Gasteiger partial charge in [-0.25, -0.2) is 0 Å². The Balaban J connectivity index is 1.47. The lowest BCUT2D eigenvalue weighted by molar-refractivity contribution is -0.132. The maximum absolute atomic E-state index is 12.5. The van der Waals surface area contributed by atoms with Gasteiger partial charge in [0.2, 0.25) is 5.91 Å². The monoisotopic (exact) mass is 335 g/mol. The van der Waals surface area contributed by atoms with Crippen LogP contribution in [0, 0.1) is 5.92 Å². The summed E-state index contributed by atoms with van der Waals surface area (Å²) in [6.07, 6.45) is 3.04. The molecule has 3 rings (SSSR count). The first-order valence-electron chi connectivity index (χ1n) is 8.58. The van der Waals surface area contributed by atoms with E-state index in [0.29, 0.717) is 11.8 Å². The standard InChI is InChI=1S/C18H26ClN3O/c1-20-7-5-15(6-8-20)13-18(23)22-11-9-21(10-12-22)17-4-2-3-16(19)14-17/h2-4,14-15H,5-13H2,1H3. The van der Waals surface area contributed by atoms with Gasteiger partial charge in [0.15, 0.2) is 0 Å². The highest BCUT2D eigenvalue weighted by atomic mass is 35.5. The van der Waals surface area contributed by atoms with Crippen LogP contribution in [0.25, 0.3) is 0 Å². The molecule has 23 heavy (non-hydrogen) atoms. The predicted molar refractivity (Wildman–Crippen MR) is 95.1 cm³/mol. The largest absolute Gasteiger partial charge is 0.368 e. The maximum atomic E-state index is 12.5. The van der Waals surface area contributed by atoms with E-state index in [4.69, 9.17) is 11.6 Å². The number of nitrogens with zero attached hydrogens (tertiary/aromatic N) is 3. The topological polar surface area (TPSA) is 26.8 Å². The molecule has 1 aromatic rings. The summed E-state index contributed by atoms with van der Waals surface area (Å²) in [4.78, 5) is 19.2. The Kier molecular flexibility index (Phi) is 5.44. The summed E-state index contributed by atoms with van der Waals surface area (Å²) in [6.45, 7) is 5.66. The zero-order valence-electron chi connectivity index (χ0n) is 13.9. The molecule has 5 heteroatoms. The molecule has 0 unspecified atom stereocenters. The van der Waals surface area contributed by atoms with Gasteiger partial charge in [0.25, 0.3) is 0 Å². The highest BCUT2D eigenvalue weighted by Gasteiger charge is 2.25. The molecule has 0 bridgehead atoms. The quantitative estimate of drug-likeness (QED) is 0.849. The van der Waals surface area contributed by atoms with Gasteiger partial charge in [0.1, 0.15) is 0 Å². The number of rotatable bonds is 3. The normalized spacial score (nSPS) is 20.8. The molecule has 0 aliphatic carbocycles. The van der Waals surface area contributed by atoms with Gasteiger partial charge in [-0.2, -0.15) is 0 Å². The lowest BCUT2D eigenvalue weighted by atomic mass is 9.93. The fraction of sp³-hybridized carbons (Fsp3) is 0.611. The van der Waals surface area contributed by atoms with Crippen molar-refractivity contribution in [2.24, 2.45) is 5.92 Å². The Hall–Kier alpha value is -1.26. The number of piperazine rings is 1. The highest BCUT2D eigenvalue weighted by molar-refractivity contribution is 6.30. The molecule has 2 heterocycles. The second kappa shape index (κ2) is 7.54. The van der Waals surface area contributed by atoms with Gasteiger partial charge in [0, 0.05) is 43.3 Å². The minimum absolute atomic E-state index is 0.338. The third kappa shape index (κ3) is 4.39. The molecular weight excluding hydrogens is 310 g/mol. The maximum Gasteiger partial charge on any atom is 0.222 e. The van der Waals surface area contributed by atoms with E-state index in [1.165, 1.54) is 0 Å². The summed E-state index contributed by atoms with van der Waals surface area (Å²) in [5.41, 5.74) is 1.15. The highest BCUT2D eigenvalue weighted by Crippen LogP contribution is 2.23. The molecule has 1 amide bonds. The molecule has 2 aliphatic heterocycles. The van der Waals surface area contributed by atoms with Crippen molar-refractivity contribution in [3.8, 4) is 0 Å². The fourth-order valence-electron chi connectivity index (χ4n) is 3.53. The number of halogens is 1. The molecule has 0 radical (unpaired) electrons. The minimum atomic E-state index is 0.338. The number of likely N-dealkylation sites (tertiary alicyclic amines) is 1. The third-order valence-electron chi connectivity index (χ3n) is 5.11. The summed E-state index contributed by atoms with van der Waals surface area (Å²) in [7, 11) is 2.16. The summed E-state index contributed by atoms with van der Waals surface area (Å²) < 4.78 is 0. The van der Waals surface area contributed by atoms with Gasteiger partial charge in [-0.1, -0.05) is 17.7 Å². The van der Waals surface area contributed by atoms with E-state index in [9.17, 15) is 4.79 Å². The van der Waals surface area contributed by atoms with Crippen molar-refractivity contribution >= 4 is 23.2 Å². The number of carbonyl (C=O) groups is 1. The minimum Gasteiger partial charge on any atom is -0.368 e. The fourth-order valence-corrected chi connectivity index (χ4v) is 3.71. The lowest BCUT2D eigenvalue weighted by Crippen LogP contribution is -2.49. The molecular formula is C18H26ClN3O. The summed E-state index contributed by atoms with van der Waals surface area (Å²) in [5, 5.41) is 0.767. The van der Waals surface area contributed by atoms with Crippen LogP contribution >= 0.6 is 11.6 Å². The van der Waals surface area contributed by atoms with Crippen LogP contribution in [0.4, 0.5) is 5.69 Å². The first-order valence-corrected chi connectivity index (χ1v) is 8.96. The van der Waals surface area contributed by atoms with Crippen molar-refractivity contribution in [1.82, 2.24) is 9.80 Å². The van der Waals surface area contributed by atoms with E-state index in [0.717, 1.165) is 69.2 Å². The molecule has 0 spiro atoms. The van der Waals surface area contributed by atoms with Gasteiger partial charge < -0.3 is 14.7 Å². The van der Waals surface area contributed by atoms with Crippen LogP contribution in [0.5, 0.6) is 0 Å². The SMILES string of the molecule is CN1CCC(CC(=O)N2CCN(c3cccc(Cl)c3)CC2)CC1. The first-order chi connectivity index (χ1) is 11.1. The summed E-state index contributed by atoms with van der Waals surface area (Å²) >= 11 is 6.07. The molecule has 0 aromatic heterocycles. The Labute approximate surface area is 144 Å². The molecule has 1 aromatic carbocycles. The molecule has 2 fully saturated rings. The van der Waals surface area contributed by atoms with Gasteiger partial charge >= 0.3 is 0 Å². The number of carbonyl (C=O) groups excluding carboxylic acids is 1. The number of amides is 1. The Morgan fingerprint density at radius 3 is 2.48 bits per heavy atom. The van der Waals surface area contributed by atoms with Gasteiger partial charge in [-0.05, 0) is 57.1 Å². The van der Waals surface area contributed by atoms with Gasteiger partial charge in [-0.3, -0.25) is 4.79 Å². The predicted octanol–water partition coefficient (Wildman–Crippen LogP) is 2.72. The van der Waals surface area contributed by atoms with Gasteiger partial charge in [-0.15, -0.1) is 0 Å². The van der Waals surface area contributed by atoms with Crippen LogP contribution in [-0.2, 0) is 4.79 Å². The van der Waals surface area contributed by atoms with E-state index in [2.05, 4.69) is 22.9 Å². The second-order valence-electron chi connectivity index (χ2n) is 6.80. The van der Waals surface area contributed by atoms with E-state index in [-0.39, 0.29) is 0 Å². The number of hydrogen-bond acceptors (Lipinski definition) is 3. The Morgan fingerprint density at radius 2 is 1.83 bits per heavy atom. The van der Waals surface area contributed by atoms with Crippen molar-refractivity contribution in [3.63, 3.8) is 0 Å². The van der Waals surface area contributed by atoms with E-state index >= 15 is 0 Å². The van der Waals surface area contributed by atoms with Crippen LogP contribution in [0.15, 0.2) is 24.3 Å². The van der Waals surface area contributed by atoms with E-state index in [1.54, 1.807) is 0 Å². The van der Waals surface area contributed by atoms with E-state index < -0.39 is 0 Å². The van der Waals surface area contributed by atoms with E-state index in [1.807, 2.05) is 23.1 Å². The van der Waals surface area contributed by atoms with Crippen molar-refractivity contribution in [2.75, 3.05) is 51.2 Å². The van der Waals surface area contributed by atoms with Crippen molar-refractivity contribution in [2.45, 2.75) is 19.3 Å². The van der Waals surface area contributed by atoms with Crippen molar-refractivity contribution in [3.05, 3.63) is 29.3 Å². The third-order valence-corrected chi connectivity index (χ3v) is 5.34. The smallest absolute Gasteiger partial charge is 0.222 e. The number of piperidine rings is 1. The molecule has 126 valence electrons. The molecule has 2 aliphatic rings. The number of hydrogen-bond donors (Lipinski definition) is 0. The molecule has 0 saturated carbocycles. The average molecular weight is 336 g/mol. The average Bonchev–Trinajstić information content (AvgIpc) is 2.57. The zero-order valence-corrected chi connectivity index (χ0v) is 14.6. The van der Waals surface area contributed by atoms with Crippen LogP contribution in [0.1, 0.15) is 19.3 Å². The van der Waals surface area contributed by atoms with Crippen LogP contribution in [0.3, 0.4) is 0 Å².